The standard InChI is InChI=1S/C26H43NO5.H2O/c1-15(4-9-23(30)27-14-24(31)32)19-7-8-20-18-6-5-16-12-17(28)10-11-25(16,2)21(18)13-22(29)26(19,20)3;/h15-22,28-29H,4-14H2,1-3H3,(H,27,30)(H,31,32);1H2/t15?,16?,17-,18?,19-,20?,21?,22+,25+,26-;/m1./s1. The number of hydrogen-bond acceptors (Lipinski definition) is 4. The first-order chi connectivity index (χ1) is 15.1. The highest BCUT2D eigenvalue weighted by Gasteiger charge is 2.63. The smallest absolute Gasteiger partial charge is 0.322 e. The minimum absolute atomic E-state index is 0. The van der Waals surface area contributed by atoms with E-state index in [1.165, 1.54) is 12.8 Å². The Morgan fingerprint density at radius 1 is 1.03 bits per heavy atom. The number of aliphatic carboxylic acids is 1. The van der Waals surface area contributed by atoms with Gasteiger partial charge in [-0.05, 0) is 104 Å². The Morgan fingerprint density at radius 2 is 1.76 bits per heavy atom. The van der Waals surface area contributed by atoms with E-state index in [9.17, 15) is 19.8 Å². The van der Waals surface area contributed by atoms with Gasteiger partial charge < -0.3 is 26.1 Å². The molecule has 0 saturated heterocycles. The van der Waals surface area contributed by atoms with E-state index in [4.69, 9.17) is 5.11 Å². The maximum absolute atomic E-state index is 12.0. The first kappa shape index (κ1) is 26.4. The maximum Gasteiger partial charge on any atom is 0.322 e. The summed E-state index contributed by atoms with van der Waals surface area (Å²) < 4.78 is 0. The predicted octanol–water partition coefficient (Wildman–Crippen LogP) is 2.77. The largest absolute Gasteiger partial charge is 0.480 e. The van der Waals surface area contributed by atoms with Crippen LogP contribution in [0.4, 0.5) is 0 Å². The number of aliphatic hydroxyl groups excluding tert-OH is 2. The third-order valence-electron chi connectivity index (χ3n) is 10.8. The Bertz CT molecular complexity index is 730. The molecular weight excluding hydrogens is 422 g/mol. The number of carbonyl (C=O) groups is 2. The van der Waals surface area contributed by atoms with Gasteiger partial charge in [0.2, 0.25) is 5.91 Å². The van der Waals surface area contributed by atoms with Crippen LogP contribution in [0, 0.1) is 46.3 Å². The molecule has 4 fully saturated rings. The van der Waals surface area contributed by atoms with Crippen molar-refractivity contribution in [3.63, 3.8) is 0 Å². The molecule has 4 rings (SSSR count). The van der Waals surface area contributed by atoms with Crippen molar-refractivity contribution in [2.75, 3.05) is 6.54 Å². The Labute approximate surface area is 198 Å². The summed E-state index contributed by atoms with van der Waals surface area (Å²) in [5.74, 6) is 1.84. The highest BCUT2D eigenvalue weighted by Crippen LogP contribution is 2.68. The van der Waals surface area contributed by atoms with Crippen LogP contribution < -0.4 is 5.32 Å². The van der Waals surface area contributed by atoms with Gasteiger partial charge in [0, 0.05) is 6.42 Å². The van der Waals surface area contributed by atoms with Gasteiger partial charge in [-0.3, -0.25) is 9.59 Å². The van der Waals surface area contributed by atoms with Gasteiger partial charge in [0.1, 0.15) is 6.54 Å². The average Bonchev–Trinajstić information content (AvgIpc) is 3.10. The molecule has 0 bridgehead atoms. The van der Waals surface area contributed by atoms with E-state index in [2.05, 4.69) is 26.1 Å². The Morgan fingerprint density at radius 3 is 2.45 bits per heavy atom. The van der Waals surface area contributed by atoms with Crippen molar-refractivity contribution < 1.29 is 30.4 Å². The zero-order chi connectivity index (χ0) is 23.3. The third-order valence-corrected chi connectivity index (χ3v) is 10.8. The first-order valence-electron chi connectivity index (χ1n) is 12.9. The zero-order valence-corrected chi connectivity index (χ0v) is 20.6. The number of aliphatic hydroxyl groups is 2. The molecule has 33 heavy (non-hydrogen) atoms. The summed E-state index contributed by atoms with van der Waals surface area (Å²) in [5, 5.41) is 33.0. The highest BCUT2D eigenvalue weighted by molar-refractivity contribution is 5.81. The lowest BCUT2D eigenvalue weighted by Crippen LogP contribution is -2.58. The van der Waals surface area contributed by atoms with Crippen LogP contribution in [0.2, 0.25) is 0 Å². The van der Waals surface area contributed by atoms with Crippen molar-refractivity contribution in [2.45, 2.75) is 97.2 Å². The molecule has 10 atom stereocenters. The second-order valence-corrected chi connectivity index (χ2v) is 12.1. The summed E-state index contributed by atoms with van der Waals surface area (Å²) in [7, 11) is 0. The molecular formula is C26H45NO6. The number of carbonyl (C=O) groups excluding carboxylic acids is 1. The predicted molar refractivity (Wildman–Crippen MR) is 125 cm³/mol. The number of carboxylic acids is 1. The van der Waals surface area contributed by atoms with Crippen LogP contribution in [0.5, 0.6) is 0 Å². The minimum atomic E-state index is -1.02. The third kappa shape index (κ3) is 4.57. The lowest BCUT2D eigenvalue weighted by Gasteiger charge is -2.62. The van der Waals surface area contributed by atoms with Gasteiger partial charge in [0.05, 0.1) is 12.2 Å². The number of hydrogen-bond donors (Lipinski definition) is 4. The highest BCUT2D eigenvalue weighted by atomic mass is 16.4. The van der Waals surface area contributed by atoms with Gasteiger partial charge in [0.15, 0.2) is 0 Å². The summed E-state index contributed by atoms with van der Waals surface area (Å²) in [6.07, 6.45) is 9.12. The quantitative estimate of drug-likeness (QED) is 0.476. The molecule has 4 aliphatic carbocycles. The average molecular weight is 468 g/mol. The molecule has 0 aromatic rings. The van der Waals surface area contributed by atoms with E-state index in [1.807, 2.05) is 0 Å². The molecule has 7 nitrogen and oxygen atoms in total. The number of fused-ring (bicyclic) bond motifs is 5. The van der Waals surface area contributed by atoms with Gasteiger partial charge in [-0.1, -0.05) is 20.8 Å². The molecule has 0 heterocycles. The summed E-state index contributed by atoms with van der Waals surface area (Å²) in [6, 6.07) is 0. The molecule has 0 spiro atoms. The molecule has 6 N–H and O–H groups in total. The molecule has 190 valence electrons. The van der Waals surface area contributed by atoms with Crippen molar-refractivity contribution >= 4 is 11.9 Å². The van der Waals surface area contributed by atoms with Crippen molar-refractivity contribution in [1.82, 2.24) is 5.32 Å². The molecule has 1 amide bonds. The second kappa shape index (κ2) is 9.82. The summed E-state index contributed by atoms with van der Waals surface area (Å²) in [6.45, 7) is 6.65. The second-order valence-electron chi connectivity index (χ2n) is 12.1. The van der Waals surface area contributed by atoms with Crippen molar-refractivity contribution in [2.24, 2.45) is 46.3 Å². The molecule has 0 aromatic carbocycles. The lowest BCUT2D eigenvalue weighted by atomic mass is 9.43. The molecule has 4 aliphatic rings. The molecule has 0 aliphatic heterocycles. The van der Waals surface area contributed by atoms with Gasteiger partial charge in [-0.25, -0.2) is 0 Å². The van der Waals surface area contributed by atoms with Gasteiger partial charge in [0.25, 0.3) is 0 Å². The van der Waals surface area contributed by atoms with E-state index in [1.54, 1.807) is 0 Å². The maximum atomic E-state index is 12.0. The fraction of sp³-hybridized carbons (Fsp3) is 0.923. The van der Waals surface area contributed by atoms with Crippen LogP contribution >= 0.6 is 0 Å². The first-order valence-corrected chi connectivity index (χ1v) is 12.9. The molecule has 0 aromatic heterocycles. The van der Waals surface area contributed by atoms with Crippen LogP contribution in [-0.2, 0) is 9.59 Å². The number of amides is 1. The topological polar surface area (TPSA) is 138 Å². The summed E-state index contributed by atoms with van der Waals surface area (Å²) in [5.41, 5.74) is 0.145. The van der Waals surface area contributed by atoms with Crippen molar-refractivity contribution in [1.29, 1.82) is 0 Å². The molecule has 7 heteroatoms. The lowest BCUT2D eigenvalue weighted by molar-refractivity contribution is -0.175. The monoisotopic (exact) mass is 467 g/mol. The fourth-order valence-corrected chi connectivity index (χ4v) is 8.98. The van der Waals surface area contributed by atoms with E-state index in [-0.39, 0.29) is 41.0 Å². The van der Waals surface area contributed by atoms with Crippen molar-refractivity contribution in [3.8, 4) is 0 Å². The Hall–Kier alpha value is -1.18. The van der Waals surface area contributed by atoms with Crippen LogP contribution in [0.15, 0.2) is 0 Å². The number of nitrogens with one attached hydrogen (secondary N) is 1. The molecule has 0 radical (unpaired) electrons. The fourth-order valence-electron chi connectivity index (χ4n) is 8.98. The Kier molecular flexibility index (Phi) is 7.87. The van der Waals surface area contributed by atoms with E-state index >= 15 is 0 Å². The van der Waals surface area contributed by atoms with Crippen LogP contribution in [0.25, 0.3) is 0 Å². The zero-order valence-electron chi connectivity index (χ0n) is 20.6. The minimum Gasteiger partial charge on any atom is -0.480 e. The van der Waals surface area contributed by atoms with Crippen LogP contribution in [0.3, 0.4) is 0 Å². The van der Waals surface area contributed by atoms with E-state index in [0.29, 0.717) is 41.9 Å². The van der Waals surface area contributed by atoms with Gasteiger partial charge in [-0.2, -0.15) is 0 Å². The van der Waals surface area contributed by atoms with Crippen LogP contribution in [-0.4, -0.2) is 51.4 Å². The van der Waals surface area contributed by atoms with Gasteiger partial charge >= 0.3 is 5.97 Å². The normalized spacial score (nSPS) is 45.1. The van der Waals surface area contributed by atoms with Gasteiger partial charge in [-0.15, -0.1) is 0 Å². The SMILES string of the molecule is CC(CCC(=O)NCC(=O)O)[C@H]1CCC2C3CCC4C[C@H](O)CC[C@]4(C)C3C[C@H](O)[C@@]21C.O. The van der Waals surface area contributed by atoms with E-state index < -0.39 is 5.97 Å². The summed E-state index contributed by atoms with van der Waals surface area (Å²) in [4.78, 5) is 22.7. The van der Waals surface area contributed by atoms with E-state index in [0.717, 1.165) is 44.9 Å². The van der Waals surface area contributed by atoms with Crippen molar-refractivity contribution in [3.05, 3.63) is 0 Å². The number of carboxylic acid groups (broad SMARTS) is 1. The number of rotatable bonds is 6. The summed E-state index contributed by atoms with van der Waals surface area (Å²) >= 11 is 0. The Balaban J connectivity index is 0.00000306. The van der Waals surface area contributed by atoms with Crippen LogP contribution in [0.1, 0.15) is 85.0 Å². The molecule has 4 saturated carbocycles. The molecule has 5 unspecified atom stereocenters.